The van der Waals surface area contributed by atoms with Crippen molar-refractivity contribution in [3.05, 3.63) is 25.3 Å². The van der Waals surface area contributed by atoms with Gasteiger partial charge in [-0.2, -0.15) is 0 Å². The summed E-state index contributed by atoms with van der Waals surface area (Å²) in [6.07, 6.45) is 4.42. The molecule has 0 N–H and O–H groups in total. The molecule has 80 valence electrons. The van der Waals surface area contributed by atoms with Crippen molar-refractivity contribution in [1.29, 1.82) is 0 Å². The molecule has 2 fully saturated rings. The average molecular weight is 205 g/mol. The number of allylic oxidation sites excluding steroid dienone is 2. The Labute approximate surface area is 89.4 Å². The maximum absolute atomic E-state index is 11.9. The molecule has 0 bridgehead atoms. The van der Waals surface area contributed by atoms with Crippen LogP contribution in [0.3, 0.4) is 0 Å². The molecule has 0 radical (unpaired) electrons. The zero-order valence-corrected chi connectivity index (χ0v) is 8.85. The Balaban J connectivity index is 2.39. The van der Waals surface area contributed by atoms with Gasteiger partial charge in [-0.15, -0.1) is 13.2 Å². The summed E-state index contributed by atoms with van der Waals surface area (Å²) in [4.78, 5) is 25.0. The smallest absolute Gasteiger partial charge is 0.233 e. The summed E-state index contributed by atoms with van der Waals surface area (Å²) in [6.45, 7) is 7.48. The Morgan fingerprint density at radius 3 is 1.87 bits per heavy atom. The molecule has 2 aliphatic rings. The molecule has 2 rings (SSSR count). The summed E-state index contributed by atoms with van der Waals surface area (Å²) in [6, 6.07) is 0. The molecular formula is C12H15NO2. The van der Waals surface area contributed by atoms with Crippen molar-refractivity contribution in [2.45, 2.75) is 6.42 Å². The zero-order chi connectivity index (χ0) is 11.2. The second-order valence-corrected chi connectivity index (χ2v) is 4.32. The van der Waals surface area contributed by atoms with Crippen LogP contribution in [-0.2, 0) is 9.59 Å². The Morgan fingerprint density at radius 2 is 1.53 bits per heavy atom. The lowest BCUT2D eigenvalue weighted by atomic mass is 9.89. The van der Waals surface area contributed by atoms with Crippen LogP contribution < -0.4 is 0 Å². The fourth-order valence-electron chi connectivity index (χ4n) is 2.86. The van der Waals surface area contributed by atoms with E-state index in [0.717, 1.165) is 6.42 Å². The Bertz CT molecular complexity index is 316. The fraction of sp³-hybridized carbons (Fsp3) is 0.500. The van der Waals surface area contributed by atoms with E-state index in [2.05, 4.69) is 13.2 Å². The SMILES string of the molecule is C=CC1CC(C=C)C2C(=O)N(C)C(=O)C12. The Hall–Kier alpha value is -1.38. The van der Waals surface area contributed by atoms with E-state index in [1.165, 1.54) is 4.90 Å². The number of fused-ring (bicyclic) bond motifs is 1. The molecule has 4 unspecified atom stereocenters. The molecule has 1 aliphatic heterocycles. The lowest BCUT2D eigenvalue weighted by Crippen LogP contribution is -2.29. The minimum Gasteiger partial charge on any atom is -0.285 e. The van der Waals surface area contributed by atoms with Crippen molar-refractivity contribution in [2.75, 3.05) is 7.05 Å². The van der Waals surface area contributed by atoms with Gasteiger partial charge in [-0.05, 0) is 18.3 Å². The number of nitrogens with zero attached hydrogens (tertiary/aromatic N) is 1. The Kier molecular flexibility index (Phi) is 2.25. The van der Waals surface area contributed by atoms with Crippen LogP contribution in [0, 0.1) is 23.7 Å². The van der Waals surface area contributed by atoms with Gasteiger partial charge in [-0.3, -0.25) is 14.5 Å². The normalized spacial score (nSPS) is 39.4. The molecular weight excluding hydrogens is 190 g/mol. The third-order valence-electron chi connectivity index (χ3n) is 3.69. The molecule has 1 saturated carbocycles. The van der Waals surface area contributed by atoms with Gasteiger partial charge in [0.15, 0.2) is 0 Å². The fourth-order valence-corrected chi connectivity index (χ4v) is 2.86. The summed E-state index contributed by atoms with van der Waals surface area (Å²) in [5.41, 5.74) is 0. The van der Waals surface area contributed by atoms with Gasteiger partial charge in [-0.1, -0.05) is 12.2 Å². The predicted octanol–water partition coefficient (Wildman–Crippen LogP) is 1.23. The van der Waals surface area contributed by atoms with E-state index >= 15 is 0 Å². The van der Waals surface area contributed by atoms with Gasteiger partial charge < -0.3 is 0 Å². The van der Waals surface area contributed by atoms with Crippen LogP contribution in [-0.4, -0.2) is 23.8 Å². The van der Waals surface area contributed by atoms with Gasteiger partial charge in [0.25, 0.3) is 0 Å². The number of rotatable bonds is 2. The highest BCUT2D eigenvalue weighted by Gasteiger charge is 2.55. The first-order valence-electron chi connectivity index (χ1n) is 5.18. The topological polar surface area (TPSA) is 37.4 Å². The van der Waals surface area contributed by atoms with Gasteiger partial charge >= 0.3 is 0 Å². The first-order chi connectivity index (χ1) is 7.11. The molecule has 15 heavy (non-hydrogen) atoms. The molecule has 2 amide bonds. The van der Waals surface area contributed by atoms with Crippen molar-refractivity contribution >= 4 is 11.8 Å². The highest BCUT2D eigenvalue weighted by Crippen LogP contribution is 2.47. The summed E-state index contributed by atoms with van der Waals surface area (Å²) in [7, 11) is 1.56. The summed E-state index contributed by atoms with van der Waals surface area (Å²) in [5, 5.41) is 0. The number of carbonyl (C=O) groups is 2. The second kappa shape index (κ2) is 3.33. The van der Waals surface area contributed by atoms with E-state index < -0.39 is 0 Å². The minimum absolute atomic E-state index is 0.0562. The van der Waals surface area contributed by atoms with Crippen LogP contribution in [0.5, 0.6) is 0 Å². The number of amides is 2. The molecule has 0 aromatic heterocycles. The lowest BCUT2D eigenvalue weighted by molar-refractivity contribution is -0.139. The van der Waals surface area contributed by atoms with Crippen LogP contribution in [0.4, 0.5) is 0 Å². The van der Waals surface area contributed by atoms with Crippen molar-refractivity contribution in [3.8, 4) is 0 Å². The summed E-state index contributed by atoms with van der Waals surface area (Å²) in [5.74, 6) is -0.247. The van der Waals surface area contributed by atoms with Crippen molar-refractivity contribution < 1.29 is 9.59 Å². The van der Waals surface area contributed by atoms with E-state index in [1.54, 1.807) is 19.2 Å². The highest BCUT2D eigenvalue weighted by molar-refractivity contribution is 6.05. The van der Waals surface area contributed by atoms with E-state index in [0.29, 0.717) is 0 Å². The van der Waals surface area contributed by atoms with E-state index in [4.69, 9.17) is 0 Å². The largest absolute Gasteiger partial charge is 0.285 e. The molecule has 1 saturated heterocycles. The number of hydrogen-bond donors (Lipinski definition) is 0. The van der Waals surface area contributed by atoms with Crippen LogP contribution in [0.25, 0.3) is 0 Å². The van der Waals surface area contributed by atoms with Gasteiger partial charge in [0.1, 0.15) is 0 Å². The van der Waals surface area contributed by atoms with Crippen molar-refractivity contribution in [2.24, 2.45) is 23.7 Å². The van der Waals surface area contributed by atoms with Crippen LogP contribution in [0.1, 0.15) is 6.42 Å². The van der Waals surface area contributed by atoms with E-state index in [9.17, 15) is 9.59 Å². The number of likely N-dealkylation sites (tertiary alicyclic amines) is 1. The van der Waals surface area contributed by atoms with Crippen LogP contribution >= 0.6 is 0 Å². The molecule has 3 nitrogen and oxygen atoms in total. The van der Waals surface area contributed by atoms with Crippen LogP contribution in [0.15, 0.2) is 25.3 Å². The molecule has 0 spiro atoms. The quantitative estimate of drug-likeness (QED) is 0.502. The summed E-state index contributed by atoms with van der Waals surface area (Å²) >= 11 is 0. The standard InChI is InChI=1S/C12H15NO2/c1-4-7-6-8(5-2)10-9(7)11(14)13(3)12(10)15/h4-5,7-10H,1-2,6H2,3H3. The van der Waals surface area contributed by atoms with E-state index in [1.807, 2.05) is 0 Å². The minimum atomic E-state index is -0.192. The third kappa shape index (κ3) is 1.19. The summed E-state index contributed by atoms with van der Waals surface area (Å²) < 4.78 is 0. The molecule has 4 atom stereocenters. The lowest BCUT2D eigenvalue weighted by Gasteiger charge is -2.13. The van der Waals surface area contributed by atoms with Gasteiger partial charge in [0.2, 0.25) is 11.8 Å². The van der Waals surface area contributed by atoms with Gasteiger partial charge in [0, 0.05) is 7.05 Å². The highest BCUT2D eigenvalue weighted by atomic mass is 16.2. The van der Waals surface area contributed by atoms with Crippen LogP contribution in [0.2, 0.25) is 0 Å². The average Bonchev–Trinajstić information content (AvgIpc) is 2.72. The monoisotopic (exact) mass is 205 g/mol. The maximum atomic E-state index is 11.9. The number of hydrogen-bond acceptors (Lipinski definition) is 2. The first-order valence-corrected chi connectivity index (χ1v) is 5.18. The van der Waals surface area contributed by atoms with Gasteiger partial charge in [-0.25, -0.2) is 0 Å². The zero-order valence-electron chi connectivity index (χ0n) is 8.85. The number of carbonyl (C=O) groups excluding carboxylic acids is 2. The van der Waals surface area contributed by atoms with Crippen molar-refractivity contribution in [3.63, 3.8) is 0 Å². The number of imide groups is 1. The van der Waals surface area contributed by atoms with Crippen molar-refractivity contribution in [1.82, 2.24) is 4.90 Å². The molecule has 0 aromatic rings. The molecule has 3 heteroatoms. The molecule has 1 aliphatic carbocycles. The third-order valence-corrected chi connectivity index (χ3v) is 3.69. The predicted molar refractivity (Wildman–Crippen MR) is 56.7 cm³/mol. The first kappa shape index (κ1) is 10.1. The molecule has 0 aromatic carbocycles. The Morgan fingerprint density at radius 1 is 1.13 bits per heavy atom. The molecule has 1 heterocycles. The maximum Gasteiger partial charge on any atom is 0.233 e. The van der Waals surface area contributed by atoms with Gasteiger partial charge in [0.05, 0.1) is 11.8 Å². The second-order valence-electron chi connectivity index (χ2n) is 4.32. The van der Waals surface area contributed by atoms with E-state index in [-0.39, 0.29) is 35.5 Å².